The molecule has 3 N–H and O–H groups in total. The Hall–Kier alpha value is -1.30. The van der Waals surface area contributed by atoms with Crippen LogP contribution in [0.15, 0.2) is 0 Å². The molecule has 6 heteroatoms. The summed E-state index contributed by atoms with van der Waals surface area (Å²) in [5.74, 6) is -0.608. The van der Waals surface area contributed by atoms with Crippen LogP contribution in [0.2, 0.25) is 0 Å². The van der Waals surface area contributed by atoms with E-state index in [1.165, 1.54) is 0 Å². The van der Waals surface area contributed by atoms with E-state index in [-0.39, 0.29) is 24.0 Å². The summed E-state index contributed by atoms with van der Waals surface area (Å²) < 4.78 is 5.31. The molecule has 2 amide bonds. The van der Waals surface area contributed by atoms with Gasteiger partial charge in [0.05, 0.1) is 5.92 Å². The lowest BCUT2D eigenvalue weighted by Crippen LogP contribution is -2.47. The third-order valence-electron chi connectivity index (χ3n) is 4.45. The van der Waals surface area contributed by atoms with Gasteiger partial charge < -0.3 is 20.5 Å². The number of aliphatic carboxylic acids is 1. The van der Waals surface area contributed by atoms with Crippen LogP contribution in [-0.4, -0.2) is 42.4 Å². The number of carboxylic acid groups (broad SMARTS) is 1. The second kappa shape index (κ2) is 6.92. The van der Waals surface area contributed by atoms with Gasteiger partial charge in [0.25, 0.3) is 0 Å². The standard InChI is InChI=1S/C14H24N2O4/c1-9(10-4-6-20-7-5-10)15-14(19)16-12-3-2-11(8-12)13(17)18/h9-12H,2-8H2,1H3,(H,17,18)(H2,15,16,19)/t9?,11-,12+/m1/s1. The maximum Gasteiger partial charge on any atom is 0.315 e. The molecule has 1 heterocycles. The van der Waals surface area contributed by atoms with Gasteiger partial charge in [0.2, 0.25) is 0 Å². The number of nitrogens with one attached hydrogen (secondary N) is 2. The molecule has 1 unspecified atom stereocenters. The highest BCUT2D eigenvalue weighted by molar-refractivity contribution is 5.75. The largest absolute Gasteiger partial charge is 0.481 e. The third kappa shape index (κ3) is 4.10. The van der Waals surface area contributed by atoms with Crippen LogP contribution in [0.1, 0.15) is 39.0 Å². The summed E-state index contributed by atoms with van der Waals surface area (Å²) in [5, 5.41) is 14.8. The van der Waals surface area contributed by atoms with Crippen molar-refractivity contribution in [2.75, 3.05) is 13.2 Å². The fourth-order valence-electron chi connectivity index (χ4n) is 3.10. The van der Waals surface area contributed by atoms with Crippen LogP contribution in [0.3, 0.4) is 0 Å². The van der Waals surface area contributed by atoms with Crippen LogP contribution in [0.4, 0.5) is 4.79 Å². The molecule has 0 aromatic rings. The molecule has 2 aliphatic rings. The number of ether oxygens (including phenoxy) is 1. The number of rotatable bonds is 4. The molecule has 1 aliphatic carbocycles. The highest BCUT2D eigenvalue weighted by Crippen LogP contribution is 2.25. The van der Waals surface area contributed by atoms with Gasteiger partial charge in [-0.05, 0) is 44.9 Å². The van der Waals surface area contributed by atoms with Crippen molar-refractivity contribution in [2.24, 2.45) is 11.8 Å². The lowest BCUT2D eigenvalue weighted by Gasteiger charge is -2.28. The van der Waals surface area contributed by atoms with Gasteiger partial charge in [-0.2, -0.15) is 0 Å². The van der Waals surface area contributed by atoms with E-state index in [0.29, 0.717) is 18.8 Å². The number of urea groups is 1. The normalized spacial score (nSPS) is 28.9. The van der Waals surface area contributed by atoms with Gasteiger partial charge in [-0.25, -0.2) is 4.79 Å². The zero-order valence-electron chi connectivity index (χ0n) is 11.9. The van der Waals surface area contributed by atoms with Crippen molar-refractivity contribution in [1.82, 2.24) is 10.6 Å². The summed E-state index contributed by atoms with van der Waals surface area (Å²) in [7, 11) is 0. The average molecular weight is 284 g/mol. The van der Waals surface area contributed by atoms with Crippen LogP contribution in [0, 0.1) is 11.8 Å². The second-order valence-corrected chi connectivity index (χ2v) is 5.90. The van der Waals surface area contributed by atoms with Crippen molar-refractivity contribution >= 4 is 12.0 Å². The Morgan fingerprint density at radius 3 is 2.50 bits per heavy atom. The number of amides is 2. The molecule has 0 spiro atoms. The molecule has 0 aromatic heterocycles. The van der Waals surface area contributed by atoms with Gasteiger partial charge in [0.1, 0.15) is 0 Å². The van der Waals surface area contributed by atoms with Gasteiger partial charge in [0.15, 0.2) is 0 Å². The highest BCUT2D eigenvalue weighted by atomic mass is 16.5. The van der Waals surface area contributed by atoms with E-state index in [1.807, 2.05) is 6.92 Å². The van der Waals surface area contributed by atoms with E-state index in [9.17, 15) is 9.59 Å². The van der Waals surface area contributed by atoms with Crippen molar-refractivity contribution in [3.8, 4) is 0 Å². The summed E-state index contributed by atoms with van der Waals surface area (Å²) in [4.78, 5) is 22.8. The molecule has 1 saturated carbocycles. The minimum atomic E-state index is -0.759. The molecular weight excluding hydrogens is 260 g/mol. The predicted octanol–water partition coefficient (Wildman–Crippen LogP) is 1.35. The van der Waals surface area contributed by atoms with Crippen LogP contribution in [-0.2, 0) is 9.53 Å². The van der Waals surface area contributed by atoms with E-state index in [4.69, 9.17) is 9.84 Å². The summed E-state index contributed by atoms with van der Waals surface area (Å²) in [6, 6.07) is -0.0754. The van der Waals surface area contributed by atoms with E-state index in [1.54, 1.807) is 0 Å². The lowest BCUT2D eigenvalue weighted by atomic mass is 9.93. The van der Waals surface area contributed by atoms with E-state index in [2.05, 4.69) is 10.6 Å². The number of carbonyl (C=O) groups is 2. The van der Waals surface area contributed by atoms with Crippen molar-refractivity contribution in [3.05, 3.63) is 0 Å². The minimum Gasteiger partial charge on any atom is -0.481 e. The molecule has 1 aliphatic heterocycles. The Bertz CT molecular complexity index is 355. The fraction of sp³-hybridized carbons (Fsp3) is 0.857. The average Bonchev–Trinajstić information content (AvgIpc) is 2.88. The SMILES string of the molecule is CC(NC(=O)N[C@H]1CC[C@@H](C(=O)O)C1)C1CCOCC1. The number of hydrogen-bond donors (Lipinski definition) is 3. The first kappa shape index (κ1) is 15.1. The van der Waals surface area contributed by atoms with Gasteiger partial charge in [0, 0.05) is 25.3 Å². The summed E-state index contributed by atoms with van der Waals surface area (Å²) >= 11 is 0. The van der Waals surface area contributed by atoms with Crippen molar-refractivity contribution in [3.63, 3.8) is 0 Å². The van der Waals surface area contributed by atoms with Gasteiger partial charge >= 0.3 is 12.0 Å². The van der Waals surface area contributed by atoms with E-state index in [0.717, 1.165) is 32.5 Å². The lowest BCUT2D eigenvalue weighted by molar-refractivity contribution is -0.141. The first-order valence-corrected chi connectivity index (χ1v) is 7.44. The summed E-state index contributed by atoms with van der Waals surface area (Å²) in [6.07, 6.45) is 3.89. The van der Waals surface area contributed by atoms with Crippen molar-refractivity contribution in [2.45, 2.75) is 51.1 Å². The summed E-state index contributed by atoms with van der Waals surface area (Å²) in [5.41, 5.74) is 0. The van der Waals surface area contributed by atoms with Crippen molar-refractivity contribution in [1.29, 1.82) is 0 Å². The molecular formula is C14H24N2O4. The van der Waals surface area contributed by atoms with Crippen LogP contribution in [0.5, 0.6) is 0 Å². The Kier molecular flexibility index (Phi) is 5.23. The van der Waals surface area contributed by atoms with Crippen LogP contribution >= 0.6 is 0 Å². The topological polar surface area (TPSA) is 87.7 Å². The quantitative estimate of drug-likeness (QED) is 0.727. The molecule has 1 saturated heterocycles. The number of carboxylic acids is 1. The van der Waals surface area contributed by atoms with Gasteiger partial charge in [-0.3, -0.25) is 4.79 Å². The van der Waals surface area contributed by atoms with Crippen molar-refractivity contribution < 1.29 is 19.4 Å². The second-order valence-electron chi connectivity index (χ2n) is 5.90. The van der Waals surface area contributed by atoms with Crippen LogP contribution < -0.4 is 10.6 Å². The van der Waals surface area contributed by atoms with E-state index >= 15 is 0 Å². The molecule has 6 nitrogen and oxygen atoms in total. The predicted molar refractivity (Wildman–Crippen MR) is 73.4 cm³/mol. The first-order valence-electron chi connectivity index (χ1n) is 7.44. The highest BCUT2D eigenvalue weighted by Gasteiger charge is 2.31. The zero-order chi connectivity index (χ0) is 14.5. The maximum atomic E-state index is 11.9. The zero-order valence-corrected chi connectivity index (χ0v) is 11.9. The maximum absolute atomic E-state index is 11.9. The number of hydrogen-bond acceptors (Lipinski definition) is 3. The molecule has 0 bridgehead atoms. The number of carbonyl (C=O) groups excluding carboxylic acids is 1. The third-order valence-corrected chi connectivity index (χ3v) is 4.45. The van der Waals surface area contributed by atoms with Crippen LogP contribution in [0.25, 0.3) is 0 Å². The Labute approximate surface area is 119 Å². The van der Waals surface area contributed by atoms with Gasteiger partial charge in [-0.1, -0.05) is 0 Å². The van der Waals surface area contributed by atoms with E-state index < -0.39 is 5.97 Å². The van der Waals surface area contributed by atoms with Gasteiger partial charge in [-0.15, -0.1) is 0 Å². The summed E-state index contributed by atoms with van der Waals surface area (Å²) in [6.45, 7) is 3.55. The monoisotopic (exact) mass is 284 g/mol. The Balaban J connectivity index is 1.71. The Morgan fingerprint density at radius 1 is 1.20 bits per heavy atom. The fourth-order valence-corrected chi connectivity index (χ4v) is 3.10. The smallest absolute Gasteiger partial charge is 0.315 e. The molecule has 114 valence electrons. The molecule has 3 atom stereocenters. The first-order chi connectivity index (χ1) is 9.56. The minimum absolute atomic E-state index is 0.0158. The molecule has 2 fully saturated rings. The molecule has 20 heavy (non-hydrogen) atoms. The molecule has 0 aromatic carbocycles. The molecule has 2 rings (SSSR count). The molecule has 0 radical (unpaired) electrons. The Morgan fingerprint density at radius 2 is 1.90 bits per heavy atom.